The topological polar surface area (TPSA) is 67.2 Å². The van der Waals surface area contributed by atoms with Crippen molar-refractivity contribution in [2.24, 2.45) is 0 Å². The minimum Gasteiger partial charge on any atom is -0.436 e. The number of carbonyl (C=O) groups excluding carboxylic acids is 1. The first kappa shape index (κ1) is 20.1. The minimum absolute atomic E-state index is 0.216. The van der Waals surface area contributed by atoms with E-state index in [1.54, 1.807) is 24.3 Å². The second-order valence-corrected chi connectivity index (χ2v) is 7.73. The molecule has 0 spiro atoms. The molecule has 4 aromatic rings. The number of hydrogen-bond donors (Lipinski definition) is 2. The number of hydrogen-bond acceptors (Lipinski definition) is 4. The van der Waals surface area contributed by atoms with E-state index in [0.717, 1.165) is 22.4 Å². The summed E-state index contributed by atoms with van der Waals surface area (Å²) >= 11 is 11.4. The molecule has 7 heteroatoms. The van der Waals surface area contributed by atoms with Gasteiger partial charge in [-0.1, -0.05) is 35.9 Å². The lowest BCUT2D eigenvalue weighted by Gasteiger charge is -2.13. The molecule has 0 bridgehead atoms. The molecule has 0 radical (unpaired) electrons. The van der Waals surface area contributed by atoms with E-state index in [1.807, 2.05) is 50.2 Å². The number of fused-ring (bicyclic) bond motifs is 1. The number of halogens is 1. The maximum atomic E-state index is 12.5. The summed E-state index contributed by atoms with van der Waals surface area (Å²) < 4.78 is 5.84. The maximum absolute atomic E-state index is 12.5. The van der Waals surface area contributed by atoms with Crippen LogP contribution in [0.4, 0.5) is 5.69 Å². The summed E-state index contributed by atoms with van der Waals surface area (Å²) in [6.07, 6.45) is 0. The van der Waals surface area contributed by atoms with Gasteiger partial charge in [-0.3, -0.25) is 10.1 Å². The number of aryl methyl sites for hydroxylation is 2. The molecular weight excluding hydrogens is 418 g/mol. The molecule has 30 heavy (non-hydrogen) atoms. The Balaban J connectivity index is 1.55. The molecule has 0 saturated heterocycles. The standard InChI is InChI=1S/C23H18ClN3O2S/c1-13-5-3-4-6-17(13)21(28)27-23(30)26-18-11-15(8-7-14(18)2)22-25-19-12-16(24)9-10-20(19)29-22/h3-12H,1-2H3,(H2,26,27,28,30). The molecule has 1 amide bonds. The van der Waals surface area contributed by atoms with Gasteiger partial charge in [0, 0.05) is 21.8 Å². The second kappa shape index (κ2) is 8.26. The second-order valence-electron chi connectivity index (χ2n) is 6.88. The Kier molecular flexibility index (Phi) is 5.53. The van der Waals surface area contributed by atoms with Crippen LogP contribution in [-0.2, 0) is 0 Å². The molecule has 150 valence electrons. The van der Waals surface area contributed by atoms with Crippen molar-refractivity contribution in [2.75, 3.05) is 5.32 Å². The number of nitrogens with zero attached hydrogens (tertiary/aromatic N) is 1. The van der Waals surface area contributed by atoms with E-state index in [1.165, 1.54) is 0 Å². The molecule has 0 aliphatic heterocycles. The van der Waals surface area contributed by atoms with Crippen LogP contribution in [0.2, 0.25) is 5.02 Å². The van der Waals surface area contributed by atoms with Gasteiger partial charge in [-0.15, -0.1) is 0 Å². The molecule has 0 saturated carbocycles. The van der Waals surface area contributed by atoms with Gasteiger partial charge in [0.05, 0.1) is 0 Å². The number of aromatic nitrogens is 1. The summed E-state index contributed by atoms with van der Waals surface area (Å²) in [5.41, 5.74) is 5.31. The molecule has 1 aromatic heterocycles. The van der Waals surface area contributed by atoms with Crippen molar-refractivity contribution < 1.29 is 9.21 Å². The van der Waals surface area contributed by atoms with Gasteiger partial charge in [0.1, 0.15) is 5.52 Å². The molecule has 0 fully saturated rings. The summed E-state index contributed by atoms with van der Waals surface area (Å²) in [5, 5.41) is 6.64. The molecule has 0 aliphatic rings. The van der Waals surface area contributed by atoms with E-state index in [9.17, 15) is 4.79 Å². The zero-order valence-electron chi connectivity index (χ0n) is 16.3. The molecule has 0 aliphatic carbocycles. The summed E-state index contributed by atoms with van der Waals surface area (Å²) in [4.78, 5) is 17.0. The van der Waals surface area contributed by atoms with Crippen LogP contribution >= 0.6 is 23.8 Å². The highest BCUT2D eigenvalue weighted by atomic mass is 35.5. The highest BCUT2D eigenvalue weighted by Crippen LogP contribution is 2.29. The van der Waals surface area contributed by atoms with Crippen LogP contribution < -0.4 is 10.6 Å². The number of amides is 1. The fraction of sp³-hybridized carbons (Fsp3) is 0.0870. The molecule has 2 N–H and O–H groups in total. The number of rotatable bonds is 3. The van der Waals surface area contributed by atoms with E-state index in [-0.39, 0.29) is 11.0 Å². The van der Waals surface area contributed by atoms with Gasteiger partial charge in [-0.05, 0) is 73.6 Å². The monoisotopic (exact) mass is 435 g/mol. The van der Waals surface area contributed by atoms with Crippen LogP contribution in [0.3, 0.4) is 0 Å². The number of oxazole rings is 1. The van der Waals surface area contributed by atoms with Gasteiger partial charge in [0.15, 0.2) is 10.7 Å². The zero-order valence-corrected chi connectivity index (χ0v) is 17.9. The molecule has 4 rings (SSSR count). The van der Waals surface area contributed by atoms with E-state index >= 15 is 0 Å². The van der Waals surface area contributed by atoms with Gasteiger partial charge < -0.3 is 9.73 Å². The van der Waals surface area contributed by atoms with Crippen LogP contribution in [0.5, 0.6) is 0 Å². The van der Waals surface area contributed by atoms with E-state index < -0.39 is 0 Å². The van der Waals surface area contributed by atoms with Gasteiger partial charge in [0.25, 0.3) is 5.91 Å². The fourth-order valence-electron chi connectivity index (χ4n) is 3.07. The molecule has 1 heterocycles. The van der Waals surface area contributed by atoms with Crippen LogP contribution in [0.15, 0.2) is 65.1 Å². The molecular formula is C23H18ClN3O2S. The Morgan fingerprint density at radius 3 is 2.63 bits per heavy atom. The van der Waals surface area contributed by atoms with Gasteiger partial charge in [-0.25, -0.2) is 4.98 Å². The largest absolute Gasteiger partial charge is 0.436 e. The van der Waals surface area contributed by atoms with Crippen LogP contribution in [0, 0.1) is 13.8 Å². The van der Waals surface area contributed by atoms with Crippen molar-refractivity contribution in [3.05, 3.63) is 82.4 Å². The Labute approximate surface area is 184 Å². The third-order valence-corrected chi connectivity index (χ3v) is 5.14. The highest BCUT2D eigenvalue weighted by Gasteiger charge is 2.13. The fourth-order valence-corrected chi connectivity index (χ4v) is 3.43. The summed E-state index contributed by atoms with van der Waals surface area (Å²) in [6, 6.07) is 18.4. The zero-order chi connectivity index (χ0) is 21.3. The minimum atomic E-state index is -0.254. The first-order valence-electron chi connectivity index (χ1n) is 9.26. The van der Waals surface area contributed by atoms with Crippen molar-refractivity contribution in [1.82, 2.24) is 10.3 Å². The Morgan fingerprint density at radius 2 is 1.83 bits per heavy atom. The number of carbonyl (C=O) groups is 1. The maximum Gasteiger partial charge on any atom is 0.257 e. The van der Waals surface area contributed by atoms with Gasteiger partial charge in [0.2, 0.25) is 5.89 Å². The SMILES string of the molecule is Cc1ccc(-c2nc3cc(Cl)ccc3o2)cc1NC(=S)NC(=O)c1ccccc1C. The third-order valence-electron chi connectivity index (χ3n) is 4.70. The molecule has 5 nitrogen and oxygen atoms in total. The predicted octanol–water partition coefficient (Wildman–Crippen LogP) is 5.89. The third kappa shape index (κ3) is 4.20. The van der Waals surface area contributed by atoms with Gasteiger partial charge >= 0.3 is 0 Å². The number of thiocarbonyl (C=S) groups is 1. The van der Waals surface area contributed by atoms with Crippen molar-refractivity contribution in [3.63, 3.8) is 0 Å². The lowest BCUT2D eigenvalue weighted by molar-refractivity contribution is 0.0977. The Morgan fingerprint density at radius 1 is 1.03 bits per heavy atom. The summed E-state index contributed by atoms with van der Waals surface area (Å²) in [7, 11) is 0. The van der Waals surface area contributed by atoms with Crippen molar-refractivity contribution >= 4 is 51.6 Å². The van der Waals surface area contributed by atoms with Crippen molar-refractivity contribution in [1.29, 1.82) is 0 Å². The number of benzene rings is 3. The van der Waals surface area contributed by atoms with E-state index in [2.05, 4.69) is 15.6 Å². The molecule has 3 aromatic carbocycles. The molecule has 0 atom stereocenters. The van der Waals surface area contributed by atoms with Crippen molar-refractivity contribution in [2.45, 2.75) is 13.8 Å². The Hall–Kier alpha value is -3.22. The smallest absolute Gasteiger partial charge is 0.257 e. The van der Waals surface area contributed by atoms with E-state index in [0.29, 0.717) is 27.6 Å². The molecule has 0 unspecified atom stereocenters. The lowest BCUT2D eigenvalue weighted by Crippen LogP contribution is -2.34. The first-order valence-corrected chi connectivity index (χ1v) is 10.0. The summed E-state index contributed by atoms with van der Waals surface area (Å²) in [5.74, 6) is 0.223. The highest BCUT2D eigenvalue weighted by molar-refractivity contribution is 7.80. The lowest BCUT2D eigenvalue weighted by atomic mass is 10.1. The first-order chi connectivity index (χ1) is 14.4. The average Bonchev–Trinajstić information content (AvgIpc) is 3.13. The number of nitrogens with one attached hydrogen (secondary N) is 2. The van der Waals surface area contributed by atoms with Crippen molar-refractivity contribution in [3.8, 4) is 11.5 Å². The van der Waals surface area contributed by atoms with Gasteiger partial charge in [-0.2, -0.15) is 0 Å². The summed E-state index contributed by atoms with van der Waals surface area (Å²) in [6.45, 7) is 3.83. The number of anilines is 1. The van der Waals surface area contributed by atoms with Crippen LogP contribution in [0.1, 0.15) is 21.5 Å². The predicted molar refractivity (Wildman–Crippen MR) is 124 cm³/mol. The normalized spacial score (nSPS) is 10.8. The average molecular weight is 436 g/mol. The van der Waals surface area contributed by atoms with Crippen LogP contribution in [0.25, 0.3) is 22.6 Å². The Bertz CT molecular complexity index is 1280. The van der Waals surface area contributed by atoms with E-state index in [4.69, 9.17) is 28.2 Å². The van der Waals surface area contributed by atoms with Crippen LogP contribution in [-0.4, -0.2) is 16.0 Å². The quantitative estimate of drug-likeness (QED) is 0.392.